The third kappa shape index (κ3) is 1.83. The average Bonchev–Trinajstić information content (AvgIpc) is 2.44. The van der Waals surface area contributed by atoms with E-state index in [1.165, 1.54) is 4.90 Å². The molecule has 1 aromatic heterocycles. The maximum absolute atomic E-state index is 12.2. The summed E-state index contributed by atoms with van der Waals surface area (Å²) in [7, 11) is 1.71. The van der Waals surface area contributed by atoms with E-state index in [1.54, 1.807) is 19.3 Å². The molecule has 1 N–H and O–H groups in total. The third-order valence-electron chi connectivity index (χ3n) is 3.19. The second-order valence-corrected chi connectivity index (χ2v) is 4.37. The lowest BCUT2D eigenvalue weighted by atomic mass is 10.1. The minimum atomic E-state index is -0.598. The highest BCUT2D eigenvalue weighted by Gasteiger charge is 2.39. The van der Waals surface area contributed by atoms with Gasteiger partial charge in [-0.3, -0.25) is 9.69 Å². The lowest BCUT2D eigenvalue weighted by Crippen LogP contribution is -2.56. The summed E-state index contributed by atoms with van der Waals surface area (Å²) in [6.07, 6.45) is 0.798. The molecule has 3 rings (SSSR count). The number of carbonyl (C=O) groups excluding carboxylic acids is 1. The molecule has 2 aliphatic heterocycles. The minimum Gasteiger partial charge on any atom is -0.474 e. The van der Waals surface area contributed by atoms with Gasteiger partial charge in [-0.1, -0.05) is 0 Å². The van der Waals surface area contributed by atoms with Crippen LogP contribution in [0.15, 0.2) is 18.3 Å². The van der Waals surface area contributed by atoms with Gasteiger partial charge in [-0.25, -0.2) is 4.98 Å². The molecule has 96 valence electrons. The van der Waals surface area contributed by atoms with Gasteiger partial charge in [-0.15, -0.1) is 0 Å². The van der Waals surface area contributed by atoms with Crippen LogP contribution in [0, 0.1) is 0 Å². The Morgan fingerprint density at radius 1 is 1.56 bits per heavy atom. The van der Waals surface area contributed by atoms with Crippen LogP contribution in [0.2, 0.25) is 0 Å². The molecule has 0 aliphatic carbocycles. The largest absolute Gasteiger partial charge is 0.474 e. The van der Waals surface area contributed by atoms with Gasteiger partial charge in [0.2, 0.25) is 6.10 Å². The molecule has 0 spiro atoms. The number of likely N-dealkylation sites (N-methyl/N-ethyl adjacent to an activating group) is 1. The summed E-state index contributed by atoms with van der Waals surface area (Å²) >= 11 is 0. The molecule has 0 aromatic carbocycles. The number of nitrogens with zero attached hydrogens (tertiary/aromatic N) is 2. The third-order valence-corrected chi connectivity index (χ3v) is 3.19. The summed E-state index contributed by atoms with van der Waals surface area (Å²) < 4.78 is 11.3. The Morgan fingerprint density at radius 3 is 3.22 bits per heavy atom. The number of amides is 1. The summed E-state index contributed by atoms with van der Waals surface area (Å²) in [5.74, 6) is 1.07. The van der Waals surface area contributed by atoms with Crippen LogP contribution in [-0.4, -0.2) is 49.8 Å². The van der Waals surface area contributed by atoms with Crippen LogP contribution in [0.25, 0.3) is 0 Å². The first-order valence-corrected chi connectivity index (χ1v) is 5.99. The summed E-state index contributed by atoms with van der Waals surface area (Å²) in [5, 5.41) is 3.20. The Morgan fingerprint density at radius 2 is 2.44 bits per heavy atom. The van der Waals surface area contributed by atoms with Gasteiger partial charge in [0.05, 0.1) is 6.61 Å². The van der Waals surface area contributed by atoms with E-state index in [0.717, 1.165) is 6.54 Å². The quantitative estimate of drug-likeness (QED) is 0.746. The number of nitrogens with one attached hydrogen (secondary N) is 1. The molecule has 3 heterocycles. The summed E-state index contributed by atoms with van der Waals surface area (Å²) in [5.41, 5.74) is 0. The molecule has 18 heavy (non-hydrogen) atoms. The lowest BCUT2D eigenvalue weighted by Gasteiger charge is -2.36. The van der Waals surface area contributed by atoms with E-state index in [0.29, 0.717) is 24.7 Å². The highest BCUT2D eigenvalue weighted by molar-refractivity contribution is 5.98. The number of ether oxygens (including phenoxy) is 2. The fourth-order valence-electron chi connectivity index (χ4n) is 2.22. The first kappa shape index (κ1) is 11.4. The first-order valence-electron chi connectivity index (χ1n) is 5.99. The molecule has 1 aromatic rings. The maximum Gasteiger partial charge on any atom is 0.271 e. The summed E-state index contributed by atoms with van der Waals surface area (Å²) in [4.78, 5) is 17.9. The van der Waals surface area contributed by atoms with Crippen LogP contribution < -0.4 is 15.0 Å². The van der Waals surface area contributed by atoms with Crippen molar-refractivity contribution in [3.63, 3.8) is 0 Å². The highest BCUT2D eigenvalue weighted by Crippen LogP contribution is 2.31. The van der Waals surface area contributed by atoms with Gasteiger partial charge >= 0.3 is 0 Å². The van der Waals surface area contributed by atoms with Crippen LogP contribution >= 0.6 is 0 Å². The van der Waals surface area contributed by atoms with Crippen molar-refractivity contribution in [1.29, 1.82) is 0 Å². The number of fused-ring (bicyclic) bond motifs is 1. The Bertz CT molecular complexity index is 460. The molecule has 1 amide bonds. The van der Waals surface area contributed by atoms with Gasteiger partial charge in [-0.2, -0.15) is 0 Å². The Balaban J connectivity index is 1.88. The fraction of sp³-hybridized carbons (Fsp3) is 0.500. The molecule has 1 saturated heterocycles. The molecule has 2 aliphatic rings. The fourth-order valence-corrected chi connectivity index (χ4v) is 2.22. The molecule has 2 atom stereocenters. The van der Waals surface area contributed by atoms with Gasteiger partial charge in [0, 0.05) is 26.3 Å². The molecule has 6 heteroatoms. The van der Waals surface area contributed by atoms with E-state index < -0.39 is 6.10 Å². The van der Waals surface area contributed by atoms with E-state index in [-0.39, 0.29) is 12.0 Å². The molecular formula is C12H15N3O3. The Labute approximate surface area is 105 Å². The molecule has 0 bridgehead atoms. The second kappa shape index (κ2) is 4.55. The molecule has 0 radical (unpaired) electrons. The van der Waals surface area contributed by atoms with Crippen molar-refractivity contribution in [3.8, 4) is 5.75 Å². The van der Waals surface area contributed by atoms with Gasteiger partial charge in [0.15, 0.2) is 11.6 Å². The Kier molecular flexibility index (Phi) is 2.89. The normalized spacial score (nSPS) is 27.6. The zero-order valence-corrected chi connectivity index (χ0v) is 10.1. The van der Waals surface area contributed by atoms with Crippen molar-refractivity contribution in [2.75, 3.05) is 31.6 Å². The zero-order chi connectivity index (χ0) is 12.5. The van der Waals surface area contributed by atoms with Crippen molar-refractivity contribution >= 4 is 11.7 Å². The number of morpholine rings is 1. The molecule has 1 fully saturated rings. The highest BCUT2D eigenvalue weighted by atomic mass is 16.5. The number of pyridine rings is 1. The zero-order valence-electron chi connectivity index (χ0n) is 10.1. The van der Waals surface area contributed by atoms with Crippen molar-refractivity contribution in [3.05, 3.63) is 18.3 Å². The lowest BCUT2D eigenvalue weighted by molar-refractivity contribution is -0.135. The van der Waals surface area contributed by atoms with Crippen molar-refractivity contribution in [2.45, 2.75) is 12.2 Å². The van der Waals surface area contributed by atoms with E-state index in [2.05, 4.69) is 10.3 Å². The number of aromatic nitrogens is 1. The van der Waals surface area contributed by atoms with E-state index in [9.17, 15) is 4.79 Å². The first-order chi connectivity index (χ1) is 8.77. The van der Waals surface area contributed by atoms with Gasteiger partial charge < -0.3 is 14.8 Å². The second-order valence-electron chi connectivity index (χ2n) is 4.37. The van der Waals surface area contributed by atoms with Crippen LogP contribution in [-0.2, 0) is 9.53 Å². The number of rotatable bonds is 1. The van der Waals surface area contributed by atoms with Crippen molar-refractivity contribution in [1.82, 2.24) is 10.3 Å². The van der Waals surface area contributed by atoms with Gasteiger partial charge in [-0.05, 0) is 12.1 Å². The molecular weight excluding hydrogens is 234 g/mol. The van der Waals surface area contributed by atoms with Gasteiger partial charge in [0.1, 0.15) is 6.10 Å². The summed E-state index contributed by atoms with van der Waals surface area (Å²) in [6.45, 7) is 2.03. The van der Waals surface area contributed by atoms with Gasteiger partial charge in [0.25, 0.3) is 5.91 Å². The van der Waals surface area contributed by atoms with Crippen molar-refractivity contribution in [2.24, 2.45) is 0 Å². The van der Waals surface area contributed by atoms with Crippen LogP contribution in [0.5, 0.6) is 5.75 Å². The topological polar surface area (TPSA) is 63.7 Å². The monoisotopic (exact) mass is 249 g/mol. The minimum absolute atomic E-state index is 0.116. The number of carbonyl (C=O) groups is 1. The molecule has 6 nitrogen and oxygen atoms in total. The SMILES string of the molecule is CN1C(=O)C(C2CNCCO2)Oc2cccnc21. The average molecular weight is 249 g/mol. The van der Waals surface area contributed by atoms with E-state index in [4.69, 9.17) is 9.47 Å². The number of hydrogen-bond donors (Lipinski definition) is 1. The standard InChI is InChI=1S/C12H15N3O3/c1-15-11-8(3-2-4-14-11)18-10(12(15)16)9-7-13-5-6-17-9/h2-4,9-10,13H,5-7H2,1H3. The number of anilines is 1. The van der Waals surface area contributed by atoms with E-state index in [1.807, 2.05) is 6.07 Å². The van der Waals surface area contributed by atoms with Crippen molar-refractivity contribution < 1.29 is 14.3 Å². The van der Waals surface area contributed by atoms with Crippen LogP contribution in [0.4, 0.5) is 5.82 Å². The molecule has 2 unspecified atom stereocenters. The Hall–Kier alpha value is -1.66. The van der Waals surface area contributed by atoms with Crippen LogP contribution in [0.3, 0.4) is 0 Å². The maximum atomic E-state index is 12.2. The predicted octanol–water partition coefficient (Wildman–Crippen LogP) is -0.206. The van der Waals surface area contributed by atoms with Crippen LogP contribution in [0.1, 0.15) is 0 Å². The molecule has 0 saturated carbocycles. The smallest absolute Gasteiger partial charge is 0.271 e. The van der Waals surface area contributed by atoms with E-state index >= 15 is 0 Å². The summed E-state index contributed by atoms with van der Waals surface area (Å²) in [6, 6.07) is 3.61. The predicted molar refractivity (Wildman–Crippen MR) is 64.7 cm³/mol. The number of hydrogen-bond acceptors (Lipinski definition) is 5.